The summed E-state index contributed by atoms with van der Waals surface area (Å²) in [7, 11) is 0. The van der Waals surface area contributed by atoms with E-state index in [-0.39, 0.29) is 30.0 Å². The zero-order valence-electron chi connectivity index (χ0n) is 8.68. The zero-order valence-corrected chi connectivity index (χ0v) is 10.3. The summed E-state index contributed by atoms with van der Waals surface area (Å²) in [4.78, 5) is 38.0. The smallest absolute Gasteiger partial charge is 0.340 e. The maximum absolute atomic E-state index is 11.7. The number of ketones is 2. The number of halogens is 1. The maximum Gasteiger partial charge on any atom is 0.340 e. The molecule has 0 aromatic carbocycles. The third-order valence-corrected chi connectivity index (χ3v) is 2.80. The summed E-state index contributed by atoms with van der Waals surface area (Å²) in [6, 6.07) is 1.51. The Balaban J connectivity index is 2.12. The average Bonchev–Trinajstić information content (AvgIpc) is 2.61. The fourth-order valence-corrected chi connectivity index (χ4v) is 1.88. The van der Waals surface area contributed by atoms with Crippen LogP contribution in [-0.4, -0.2) is 28.6 Å². The molecule has 1 fully saturated rings. The Morgan fingerprint density at radius 1 is 1.29 bits per heavy atom. The van der Waals surface area contributed by atoms with Gasteiger partial charge in [0, 0.05) is 29.7 Å². The van der Waals surface area contributed by atoms with E-state index in [9.17, 15) is 14.4 Å². The van der Waals surface area contributed by atoms with Gasteiger partial charge in [-0.15, -0.1) is 0 Å². The van der Waals surface area contributed by atoms with Gasteiger partial charge in [-0.3, -0.25) is 14.6 Å². The molecule has 1 aliphatic carbocycles. The standard InChI is InChI=1S/C11H8BrNO4/c12-7-3-6(4-13-5-7)11(16)17-10-8(14)1-2-9(10)15/h3-5,10H,1-2H2. The number of hydrogen-bond donors (Lipinski definition) is 0. The molecule has 0 amide bonds. The molecule has 17 heavy (non-hydrogen) atoms. The number of ether oxygens (including phenoxy) is 1. The van der Waals surface area contributed by atoms with Gasteiger partial charge >= 0.3 is 5.97 Å². The summed E-state index contributed by atoms with van der Waals surface area (Å²) in [5.74, 6) is -1.40. The van der Waals surface area contributed by atoms with Crippen molar-refractivity contribution in [1.82, 2.24) is 4.98 Å². The molecule has 6 heteroatoms. The molecular weight excluding hydrogens is 290 g/mol. The molecule has 0 bridgehead atoms. The number of carbonyl (C=O) groups is 3. The molecular formula is C11H8BrNO4. The molecule has 0 aliphatic heterocycles. The molecule has 0 N–H and O–H groups in total. The topological polar surface area (TPSA) is 73.3 Å². The number of hydrogen-bond acceptors (Lipinski definition) is 5. The molecule has 1 saturated carbocycles. The van der Waals surface area contributed by atoms with Crippen LogP contribution in [-0.2, 0) is 14.3 Å². The summed E-state index contributed by atoms with van der Waals surface area (Å²) in [5.41, 5.74) is 0.201. The minimum atomic E-state index is -1.23. The number of carbonyl (C=O) groups excluding carboxylic acids is 3. The number of nitrogens with zero attached hydrogens (tertiary/aromatic N) is 1. The van der Waals surface area contributed by atoms with Gasteiger partial charge in [0.15, 0.2) is 11.6 Å². The predicted molar refractivity (Wildman–Crippen MR) is 60.4 cm³/mol. The van der Waals surface area contributed by atoms with Gasteiger partial charge in [-0.25, -0.2) is 4.79 Å². The van der Waals surface area contributed by atoms with Crippen LogP contribution < -0.4 is 0 Å². The first-order valence-corrected chi connectivity index (χ1v) is 5.74. The van der Waals surface area contributed by atoms with Crippen LogP contribution in [0.15, 0.2) is 22.9 Å². The molecule has 1 aromatic rings. The fraction of sp³-hybridized carbons (Fsp3) is 0.273. The second-order valence-electron chi connectivity index (χ2n) is 3.61. The number of pyridine rings is 1. The Morgan fingerprint density at radius 2 is 1.94 bits per heavy atom. The van der Waals surface area contributed by atoms with E-state index in [1.165, 1.54) is 18.5 Å². The highest BCUT2D eigenvalue weighted by molar-refractivity contribution is 9.10. The van der Waals surface area contributed by atoms with Crippen LogP contribution >= 0.6 is 15.9 Å². The number of aromatic nitrogens is 1. The molecule has 1 aromatic heterocycles. The molecule has 0 saturated heterocycles. The molecule has 5 nitrogen and oxygen atoms in total. The summed E-state index contributed by atoms with van der Waals surface area (Å²) in [6.45, 7) is 0. The van der Waals surface area contributed by atoms with Crippen LogP contribution in [0.4, 0.5) is 0 Å². The lowest BCUT2D eigenvalue weighted by Crippen LogP contribution is -2.28. The predicted octanol–water partition coefficient (Wildman–Crippen LogP) is 1.30. The van der Waals surface area contributed by atoms with Gasteiger partial charge in [0.1, 0.15) is 0 Å². The van der Waals surface area contributed by atoms with Gasteiger partial charge in [0.05, 0.1) is 5.56 Å². The maximum atomic E-state index is 11.7. The second-order valence-corrected chi connectivity index (χ2v) is 4.53. The van der Waals surface area contributed by atoms with E-state index in [0.29, 0.717) is 4.47 Å². The molecule has 2 rings (SSSR count). The summed E-state index contributed by atoms with van der Waals surface area (Å²) in [6.07, 6.45) is 1.89. The number of rotatable bonds is 2. The first kappa shape index (κ1) is 11.9. The van der Waals surface area contributed by atoms with Crippen molar-refractivity contribution in [2.75, 3.05) is 0 Å². The van der Waals surface area contributed by atoms with E-state index < -0.39 is 12.1 Å². The van der Waals surface area contributed by atoms with Crippen molar-refractivity contribution in [1.29, 1.82) is 0 Å². The lowest BCUT2D eigenvalue weighted by molar-refractivity contribution is -0.133. The molecule has 0 atom stereocenters. The van der Waals surface area contributed by atoms with Crippen LogP contribution in [0.25, 0.3) is 0 Å². The van der Waals surface area contributed by atoms with E-state index in [1.807, 2.05) is 0 Å². The molecule has 1 heterocycles. The normalized spacial score (nSPS) is 16.3. The van der Waals surface area contributed by atoms with Crippen molar-refractivity contribution in [3.8, 4) is 0 Å². The summed E-state index contributed by atoms with van der Waals surface area (Å²) in [5, 5.41) is 0. The first-order chi connectivity index (χ1) is 8.08. The lowest BCUT2D eigenvalue weighted by Gasteiger charge is -2.08. The summed E-state index contributed by atoms with van der Waals surface area (Å²) < 4.78 is 5.50. The van der Waals surface area contributed by atoms with Crippen molar-refractivity contribution in [3.63, 3.8) is 0 Å². The van der Waals surface area contributed by atoms with Crippen molar-refractivity contribution in [3.05, 3.63) is 28.5 Å². The van der Waals surface area contributed by atoms with Gasteiger partial charge in [0.2, 0.25) is 6.10 Å². The second kappa shape index (κ2) is 4.75. The quantitative estimate of drug-likeness (QED) is 0.608. The Labute approximate surface area is 105 Å². The number of Topliss-reactive ketones (excluding diaryl/α,β-unsaturated/α-hetero) is 2. The first-order valence-electron chi connectivity index (χ1n) is 4.95. The van der Waals surface area contributed by atoms with Crippen molar-refractivity contribution in [2.45, 2.75) is 18.9 Å². The third kappa shape index (κ3) is 2.58. The Hall–Kier alpha value is -1.56. The van der Waals surface area contributed by atoms with E-state index in [4.69, 9.17) is 4.74 Å². The van der Waals surface area contributed by atoms with Gasteiger partial charge < -0.3 is 4.74 Å². The van der Waals surface area contributed by atoms with Crippen LogP contribution in [0.2, 0.25) is 0 Å². The zero-order chi connectivity index (χ0) is 12.4. The van der Waals surface area contributed by atoms with Gasteiger partial charge in [-0.1, -0.05) is 0 Å². The van der Waals surface area contributed by atoms with Crippen LogP contribution in [0.3, 0.4) is 0 Å². The molecule has 1 aliphatic rings. The number of esters is 1. The lowest BCUT2D eigenvalue weighted by atomic mass is 10.2. The SMILES string of the molecule is O=C(OC1C(=O)CCC1=O)c1cncc(Br)c1. The average molecular weight is 298 g/mol. The summed E-state index contributed by atoms with van der Waals surface area (Å²) >= 11 is 3.16. The Morgan fingerprint density at radius 3 is 2.53 bits per heavy atom. The largest absolute Gasteiger partial charge is 0.443 e. The van der Waals surface area contributed by atoms with Gasteiger partial charge in [-0.05, 0) is 22.0 Å². The minimum Gasteiger partial charge on any atom is -0.443 e. The Bertz CT molecular complexity index is 484. The van der Waals surface area contributed by atoms with Crippen molar-refractivity contribution in [2.24, 2.45) is 0 Å². The minimum absolute atomic E-state index is 0.146. The monoisotopic (exact) mass is 297 g/mol. The van der Waals surface area contributed by atoms with E-state index >= 15 is 0 Å². The van der Waals surface area contributed by atoms with Gasteiger partial charge in [0.25, 0.3) is 0 Å². The van der Waals surface area contributed by atoms with Crippen LogP contribution in [0, 0.1) is 0 Å². The fourth-order valence-electron chi connectivity index (χ4n) is 1.52. The molecule has 0 unspecified atom stereocenters. The highest BCUT2D eigenvalue weighted by atomic mass is 79.9. The van der Waals surface area contributed by atoms with Gasteiger partial charge in [-0.2, -0.15) is 0 Å². The van der Waals surface area contributed by atoms with Crippen LogP contribution in [0.5, 0.6) is 0 Å². The molecule has 0 radical (unpaired) electrons. The van der Waals surface area contributed by atoms with E-state index in [2.05, 4.69) is 20.9 Å². The van der Waals surface area contributed by atoms with Crippen LogP contribution in [0.1, 0.15) is 23.2 Å². The third-order valence-electron chi connectivity index (χ3n) is 2.37. The molecule has 0 spiro atoms. The van der Waals surface area contributed by atoms with E-state index in [0.717, 1.165) is 0 Å². The highest BCUT2D eigenvalue weighted by Crippen LogP contribution is 2.17. The Kier molecular flexibility index (Phi) is 3.33. The van der Waals surface area contributed by atoms with Crippen molar-refractivity contribution >= 4 is 33.5 Å². The highest BCUT2D eigenvalue weighted by Gasteiger charge is 2.36. The van der Waals surface area contributed by atoms with E-state index in [1.54, 1.807) is 0 Å². The van der Waals surface area contributed by atoms with Crippen molar-refractivity contribution < 1.29 is 19.1 Å². The molecule has 88 valence electrons.